The Labute approximate surface area is 127 Å². The van der Waals surface area contributed by atoms with Crippen LogP contribution in [-0.2, 0) is 0 Å². The van der Waals surface area contributed by atoms with Crippen LogP contribution in [0.1, 0.15) is 34.1 Å². The van der Waals surface area contributed by atoms with Crippen LogP contribution in [0, 0.1) is 29.7 Å². The van der Waals surface area contributed by atoms with E-state index in [-0.39, 0.29) is 5.92 Å². The number of rotatable bonds is 2. The van der Waals surface area contributed by atoms with Crippen molar-refractivity contribution >= 4 is 0 Å². The maximum atomic E-state index is 9.09. The molecule has 2 aliphatic rings. The van der Waals surface area contributed by atoms with Gasteiger partial charge in [0.1, 0.15) is 0 Å². The molecule has 0 spiro atoms. The topological polar surface area (TPSA) is 28.1 Å². The summed E-state index contributed by atoms with van der Waals surface area (Å²) < 4.78 is 0. The van der Waals surface area contributed by atoms with E-state index in [1.807, 2.05) is 12.2 Å². The lowest BCUT2D eigenvalue weighted by molar-refractivity contribution is 0.692. The molecule has 2 unspecified atom stereocenters. The van der Waals surface area contributed by atoms with Crippen LogP contribution in [0.25, 0.3) is 4.85 Å². The molecular weight excluding hydrogens is 256 g/mol. The van der Waals surface area contributed by atoms with Crippen molar-refractivity contribution in [3.63, 3.8) is 0 Å². The fourth-order valence-corrected chi connectivity index (χ4v) is 3.03. The Morgan fingerprint density at radius 1 is 1.19 bits per heavy atom. The summed E-state index contributed by atoms with van der Waals surface area (Å²) in [6, 6.07) is 2.10. The summed E-state index contributed by atoms with van der Waals surface area (Å²) in [5.41, 5.74) is 6.66. The van der Waals surface area contributed by atoms with Crippen molar-refractivity contribution in [2.24, 2.45) is 11.8 Å². The van der Waals surface area contributed by atoms with Crippen LogP contribution >= 0.6 is 0 Å². The van der Waals surface area contributed by atoms with Gasteiger partial charge in [-0.3, -0.25) is 0 Å². The fraction of sp³-hybridized carbons (Fsp3) is 0.368. The Hall–Kier alpha value is -2.32. The Kier molecular flexibility index (Phi) is 4.29. The first kappa shape index (κ1) is 15.1. The maximum absolute atomic E-state index is 9.09. The molecular formula is C19H20N2. The summed E-state index contributed by atoms with van der Waals surface area (Å²) in [6.07, 6.45) is 8.63. The van der Waals surface area contributed by atoms with Gasteiger partial charge in [0.05, 0.1) is 18.2 Å². The summed E-state index contributed by atoms with van der Waals surface area (Å²) >= 11 is 0. The highest BCUT2D eigenvalue weighted by Gasteiger charge is 2.24. The quantitative estimate of drug-likeness (QED) is 0.643. The molecule has 2 nitrogen and oxygen atoms in total. The van der Waals surface area contributed by atoms with E-state index in [9.17, 15) is 0 Å². The van der Waals surface area contributed by atoms with Gasteiger partial charge in [-0.25, -0.2) is 4.85 Å². The molecule has 2 rings (SSSR count). The van der Waals surface area contributed by atoms with Gasteiger partial charge in [0, 0.05) is 0 Å². The minimum Gasteiger partial charge on any atom is -0.237 e. The van der Waals surface area contributed by atoms with E-state index in [1.54, 1.807) is 12.2 Å². The van der Waals surface area contributed by atoms with E-state index >= 15 is 0 Å². The molecule has 0 aliphatic heterocycles. The molecule has 0 saturated heterocycles. The lowest BCUT2D eigenvalue weighted by Gasteiger charge is -2.16. The minimum atomic E-state index is 0.249. The van der Waals surface area contributed by atoms with Crippen LogP contribution in [0.2, 0.25) is 0 Å². The molecule has 0 N–H and O–H groups in total. The van der Waals surface area contributed by atoms with E-state index in [0.29, 0.717) is 17.2 Å². The molecule has 0 amide bonds. The third-order valence-electron chi connectivity index (χ3n) is 4.79. The minimum absolute atomic E-state index is 0.249. The van der Waals surface area contributed by atoms with E-state index in [1.165, 1.54) is 22.3 Å². The van der Waals surface area contributed by atoms with Crippen molar-refractivity contribution in [3.8, 4) is 6.07 Å². The Bertz CT molecular complexity index is 663. The van der Waals surface area contributed by atoms with Gasteiger partial charge < -0.3 is 0 Å². The van der Waals surface area contributed by atoms with Crippen LogP contribution in [0.3, 0.4) is 0 Å². The Morgan fingerprint density at radius 3 is 2.38 bits per heavy atom. The van der Waals surface area contributed by atoms with Gasteiger partial charge in [-0.15, -0.1) is 0 Å². The van der Waals surface area contributed by atoms with Gasteiger partial charge in [0.15, 0.2) is 0 Å². The number of nitrogens with zero attached hydrogens (tertiary/aromatic N) is 2. The molecule has 0 aromatic rings. The predicted octanol–water partition coefficient (Wildman–Crippen LogP) is 5.12. The first-order chi connectivity index (χ1) is 9.99. The molecule has 0 aromatic carbocycles. The second-order valence-electron chi connectivity index (χ2n) is 5.79. The normalized spacial score (nSPS) is 25.2. The van der Waals surface area contributed by atoms with E-state index in [4.69, 9.17) is 11.8 Å². The molecule has 2 heteroatoms. The van der Waals surface area contributed by atoms with Gasteiger partial charge in [-0.05, 0) is 50.2 Å². The highest BCUT2D eigenvalue weighted by Crippen LogP contribution is 2.40. The van der Waals surface area contributed by atoms with Crippen LogP contribution in [0.4, 0.5) is 0 Å². The first-order valence-electron chi connectivity index (χ1n) is 7.25. The SMILES string of the molecule is [C-]#[N+]C1=C(C#N)C=CC(CC2=C(C)C(C)=C(C)C2C)C=C1. The molecule has 2 atom stereocenters. The van der Waals surface area contributed by atoms with E-state index in [2.05, 4.69) is 38.6 Å². The van der Waals surface area contributed by atoms with E-state index < -0.39 is 0 Å². The lowest BCUT2D eigenvalue weighted by atomic mass is 9.89. The molecule has 0 bridgehead atoms. The largest absolute Gasteiger partial charge is 0.237 e. The zero-order valence-electron chi connectivity index (χ0n) is 13.1. The number of allylic oxidation sites excluding steroid dienone is 9. The van der Waals surface area contributed by atoms with Crippen LogP contribution in [-0.4, -0.2) is 0 Å². The molecule has 0 fully saturated rings. The average molecular weight is 276 g/mol. The van der Waals surface area contributed by atoms with Crippen molar-refractivity contribution in [1.82, 2.24) is 0 Å². The standard InChI is InChI=1S/C19H20N2/c1-12-13(2)15(4)18(14(12)3)10-16-6-8-17(11-20)19(21-5)9-7-16/h6-9,14,16H,10H2,1-4H3. The predicted molar refractivity (Wildman–Crippen MR) is 85.9 cm³/mol. The third kappa shape index (κ3) is 2.76. The molecule has 2 aliphatic carbocycles. The second kappa shape index (κ2) is 5.98. The summed E-state index contributed by atoms with van der Waals surface area (Å²) in [6.45, 7) is 16.0. The van der Waals surface area contributed by atoms with Gasteiger partial charge in [-0.1, -0.05) is 42.4 Å². The zero-order valence-corrected chi connectivity index (χ0v) is 13.1. The van der Waals surface area contributed by atoms with Crippen molar-refractivity contribution in [1.29, 1.82) is 5.26 Å². The van der Waals surface area contributed by atoms with Gasteiger partial charge in [0.2, 0.25) is 5.70 Å². The monoisotopic (exact) mass is 276 g/mol. The highest BCUT2D eigenvalue weighted by molar-refractivity contribution is 5.50. The number of hydrogen-bond donors (Lipinski definition) is 0. The van der Waals surface area contributed by atoms with Crippen LogP contribution in [0.15, 0.2) is 57.9 Å². The number of nitriles is 1. The van der Waals surface area contributed by atoms with Gasteiger partial charge in [-0.2, -0.15) is 5.26 Å². The average Bonchev–Trinajstić information content (AvgIpc) is 2.68. The second-order valence-corrected chi connectivity index (χ2v) is 5.79. The molecule has 0 aromatic heterocycles. The highest BCUT2D eigenvalue weighted by atomic mass is 14.7. The summed E-state index contributed by atoms with van der Waals surface area (Å²) in [5.74, 6) is 0.748. The molecule has 106 valence electrons. The summed E-state index contributed by atoms with van der Waals surface area (Å²) in [4.78, 5) is 3.43. The lowest BCUT2D eigenvalue weighted by Crippen LogP contribution is -2.03. The van der Waals surface area contributed by atoms with Crippen LogP contribution in [0.5, 0.6) is 0 Å². The van der Waals surface area contributed by atoms with Crippen molar-refractivity contribution in [2.75, 3.05) is 0 Å². The Balaban J connectivity index is 2.23. The van der Waals surface area contributed by atoms with Crippen molar-refractivity contribution in [2.45, 2.75) is 34.1 Å². The molecule has 0 radical (unpaired) electrons. The van der Waals surface area contributed by atoms with Crippen molar-refractivity contribution in [3.05, 3.63) is 69.3 Å². The smallest absolute Gasteiger partial charge is 0.204 e. The molecule has 0 saturated carbocycles. The maximum Gasteiger partial charge on any atom is 0.204 e. The fourth-order valence-electron chi connectivity index (χ4n) is 3.03. The van der Waals surface area contributed by atoms with Gasteiger partial charge in [0.25, 0.3) is 0 Å². The zero-order chi connectivity index (χ0) is 15.6. The molecule has 0 heterocycles. The van der Waals surface area contributed by atoms with E-state index in [0.717, 1.165) is 6.42 Å². The van der Waals surface area contributed by atoms with Gasteiger partial charge >= 0.3 is 0 Å². The molecule has 21 heavy (non-hydrogen) atoms. The van der Waals surface area contributed by atoms with Crippen LogP contribution < -0.4 is 0 Å². The van der Waals surface area contributed by atoms with Crippen molar-refractivity contribution < 1.29 is 0 Å². The first-order valence-corrected chi connectivity index (χ1v) is 7.25. The Morgan fingerprint density at radius 2 is 1.86 bits per heavy atom. The number of hydrogen-bond acceptors (Lipinski definition) is 1. The summed E-state index contributed by atoms with van der Waals surface area (Å²) in [7, 11) is 0. The third-order valence-corrected chi connectivity index (χ3v) is 4.79. The summed E-state index contributed by atoms with van der Waals surface area (Å²) in [5, 5.41) is 9.09.